The number of pyridine rings is 1. The van der Waals surface area contributed by atoms with Gasteiger partial charge in [-0.25, -0.2) is 4.98 Å². The van der Waals surface area contributed by atoms with E-state index in [9.17, 15) is 10.1 Å². The molecule has 0 saturated heterocycles. The summed E-state index contributed by atoms with van der Waals surface area (Å²) in [5, 5.41) is 27.4. The molecule has 0 fully saturated rings. The first-order valence-electron chi connectivity index (χ1n) is 5.43. The second kappa shape index (κ2) is 4.81. The van der Waals surface area contributed by atoms with Crippen molar-refractivity contribution < 1.29 is 4.92 Å². The van der Waals surface area contributed by atoms with E-state index in [2.05, 4.69) is 15.2 Å². The maximum atomic E-state index is 10.5. The van der Waals surface area contributed by atoms with E-state index >= 15 is 0 Å². The molecule has 0 radical (unpaired) electrons. The van der Waals surface area contributed by atoms with Crippen molar-refractivity contribution in [3.05, 3.63) is 44.9 Å². The van der Waals surface area contributed by atoms with Crippen LogP contribution in [-0.2, 0) is 6.54 Å². The Hall–Kier alpha value is -2.82. The summed E-state index contributed by atoms with van der Waals surface area (Å²) in [5.41, 5.74) is 2.01. The number of nitro groups is 1. The van der Waals surface area contributed by atoms with Gasteiger partial charge in [-0.05, 0) is 25.5 Å². The van der Waals surface area contributed by atoms with Crippen LogP contribution in [0.2, 0.25) is 0 Å². The molecule has 0 N–H and O–H groups in total. The first-order chi connectivity index (χ1) is 9.01. The molecule has 0 bridgehead atoms. The van der Waals surface area contributed by atoms with Crippen LogP contribution in [0.1, 0.15) is 22.5 Å². The summed E-state index contributed by atoms with van der Waals surface area (Å²) >= 11 is 0. The lowest BCUT2D eigenvalue weighted by Crippen LogP contribution is -2.04. The van der Waals surface area contributed by atoms with Gasteiger partial charge in [0.1, 0.15) is 6.07 Å². The van der Waals surface area contributed by atoms with Crippen LogP contribution in [0.3, 0.4) is 0 Å². The Kier molecular flexibility index (Phi) is 3.20. The standard InChI is InChI=1S/C11H10N6O2/c1-7-3-11(13-5-9(7)4-12)17-14-8(2)10(15-17)6-16(18)19/h3,5H,6H2,1-2H3. The van der Waals surface area contributed by atoms with Gasteiger partial charge in [0.25, 0.3) is 0 Å². The molecule has 0 aliphatic carbocycles. The largest absolute Gasteiger partial charge is 0.264 e. The monoisotopic (exact) mass is 258 g/mol. The molecule has 2 aromatic heterocycles. The van der Waals surface area contributed by atoms with Gasteiger partial charge in [-0.2, -0.15) is 10.4 Å². The predicted octanol–water partition coefficient (Wildman–Crippen LogP) is 0.928. The molecule has 0 atom stereocenters. The molecule has 0 aromatic carbocycles. The minimum absolute atomic E-state index is 0.300. The van der Waals surface area contributed by atoms with Crippen LogP contribution in [0.5, 0.6) is 0 Å². The lowest BCUT2D eigenvalue weighted by Gasteiger charge is -2.00. The maximum absolute atomic E-state index is 10.5. The molecule has 96 valence electrons. The molecule has 0 aliphatic heterocycles. The van der Waals surface area contributed by atoms with Gasteiger partial charge in [-0.1, -0.05) is 0 Å². The molecule has 0 unspecified atom stereocenters. The molecule has 0 spiro atoms. The van der Waals surface area contributed by atoms with Crippen LogP contribution in [0.25, 0.3) is 5.82 Å². The lowest BCUT2D eigenvalue weighted by atomic mass is 10.2. The zero-order valence-corrected chi connectivity index (χ0v) is 10.4. The highest BCUT2D eigenvalue weighted by molar-refractivity contribution is 5.39. The molecule has 8 heteroatoms. The number of nitriles is 1. The average molecular weight is 258 g/mol. The fraction of sp³-hybridized carbons (Fsp3) is 0.273. The Morgan fingerprint density at radius 3 is 2.79 bits per heavy atom. The molecule has 8 nitrogen and oxygen atoms in total. The van der Waals surface area contributed by atoms with E-state index < -0.39 is 4.92 Å². The van der Waals surface area contributed by atoms with E-state index in [4.69, 9.17) is 5.26 Å². The molecular weight excluding hydrogens is 248 g/mol. The van der Waals surface area contributed by atoms with Crippen molar-refractivity contribution in [1.82, 2.24) is 20.0 Å². The van der Waals surface area contributed by atoms with E-state index in [1.807, 2.05) is 6.07 Å². The van der Waals surface area contributed by atoms with Gasteiger partial charge in [0.05, 0.1) is 11.3 Å². The summed E-state index contributed by atoms with van der Waals surface area (Å²) in [5.74, 6) is 0.425. The molecule has 2 rings (SSSR count). The van der Waals surface area contributed by atoms with E-state index in [0.29, 0.717) is 22.8 Å². The lowest BCUT2D eigenvalue weighted by molar-refractivity contribution is -0.497. The van der Waals surface area contributed by atoms with Crippen molar-refractivity contribution in [2.24, 2.45) is 0 Å². The Balaban J connectivity index is 2.40. The quantitative estimate of drug-likeness (QED) is 0.598. The first-order valence-corrected chi connectivity index (χ1v) is 5.43. The fourth-order valence-electron chi connectivity index (χ4n) is 1.55. The first kappa shape index (κ1) is 12.6. The Bertz CT molecular complexity index is 685. The normalized spacial score (nSPS) is 10.2. The molecule has 19 heavy (non-hydrogen) atoms. The molecule has 0 aliphatic rings. The molecule has 0 saturated carbocycles. The zero-order valence-electron chi connectivity index (χ0n) is 10.4. The zero-order chi connectivity index (χ0) is 14.0. The van der Waals surface area contributed by atoms with Gasteiger partial charge >= 0.3 is 0 Å². The number of rotatable bonds is 3. The number of hydrogen-bond acceptors (Lipinski definition) is 6. The molecule has 2 heterocycles. The minimum Gasteiger partial charge on any atom is -0.264 e. The second-order valence-electron chi connectivity index (χ2n) is 3.98. The Morgan fingerprint density at radius 1 is 1.47 bits per heavy atom. The highest BCUT2D eigenvalue weighted by Crippen LogP contribution is 2.11. The third-order valence-electron chi connectivity index (χ3n) is 2.58. The van der Waals surface area contributed by atoms with Crippen LogP contribution >= 0.6 is 0 Å². The van der Waals surface area contributed by atoms with E-state index in [1.54, 1.807) is 19.9 Å². The van der Waals surface area contributed by atoms with Crippen LogP contribution in [0.4, 0.5) is 0 Å². The maximum Gasteiger partial charge on any atom is 0.249 e. The summed E-state index contributed by atoms with van der Waals surface area (Å²) in [6.07, 6.45) is 1.43. The molecule has 0 amide bonds. The minimum atomic E-state index is -0.460. The summed E-state index contributed by atoms with van der Waals surface area (Å²) in [6, 6.07) is 3.68. The average Bonchev–Trinajstić information content (AvgIpc) is 2.70. The predicted molar refractivity (Wildman–Crippen MR) is 64.0 cm³/mol. The van der Waals surface area contributed by atoms with Crippen molar-refractivity contribution in [1.29, 1.82) is 5.26 Å². The van der Waals surface area contributed by atoms with Crippen molar-refractivity contribution in [3.63, 3.8) is 0 Å². The van der Waals surface area contributed by atoms with Gasteiger partial charge < -0.3 is 0 Å². The van der Waals surface area contributed by atoms with Gasteiger partial charge in [0, 0.05) is 11.1 Å². The van der Waals surface area contributed by atoms with Gasteiger partial charge in [-0.15, -0.1) is 9.90 Å². The topological polar surface area (TPSA) is 111 Å². The van der Waals surface area contributed by atoms with E-state index in [-0.39, 0.29) is 6.54 Å². The summed E-state index contributed by atoms with van der Waals surface area (Å²) in [6.45, 7) is 3.05. The van der Waals surface area contributed by atoms with Crippen LogP contribution in [0, 0.1) is 35.3 Å². The third-order valence-corrected chi connectivity index (χ3v) is 2.58. The van der Waals surface area contributed by atoms with Crippen LogP contribution in [0.15, 0.2) is 12.3 Å². The number of aromatic nitrogens is 4. The van der Waals surface area contributed by atoms with Gasteiger partial charge in [-0.3, -0.25) is 10.1 Å². The van der Waals surface area contributed by atoms with E-state index in [0.717, 1.165) is 5.56 Å². The Morgan fingerprint density at radius 2 is 2.21 bits per heavy atom. The summed E-state index contributed by atoms with van der Waals surface area (Å²) in [4.78, 5) is 15.3. The SMILES string of the molecule is Cc1cc(-n2nc(C)c(C[N+](=O)[O-])n2)ncc1C#N. The number of nitrogens with zero attached hydrogens (tertiary/aromatic N) is 6. The fourth-order valence-corrected chi connectivity index (χ4v) is 1.55. The summed E-state index contributed by atoms with van der Waals surface area (Å²) in [7, 11) is 0. The van der Waals surface area contributed by atoms with Crippen LogP contribution in [-0.4, -0.2) is 24.9 Å². The third kappa shape index (κ3) is 2.55. The van der Waals surface area contributed by atoms with Gasteiger partial charge in [0.2, 0.25) is 6.54 Å². The molecular formula is C11H10N6O2. The smallest absolute Gasteiger partial charge is 0.249 e. The molecule has 2 aromatic rings. The van der Waals surface area contributed by atoms with Crippen molar-refractivity contribution in [2.45, 2.75) is 20.4 Å². The number of aryl methyl sites for hydroxylation is 2. The van der Waals surface area contributed by atoms with Crippen molar-refractivity contribution in [3.8, 4) is 11.9 Å². The van der Waals surface area contributed by atoms with Crippen molar-refractivity contribution in [2.75, 3.05) is 0 Å². The van der Waals surface area contributed by atoms with Crippen molar-refractivity contribution >= 4 is 0 Å². The van der Waals surface area contributed by atoms with Crippen LogP contribution < -0.4 is 0 Å². The van der Waals surface area contributed by atoms with Gasteiger partial charge in [0.15, 0.2) is 11.5 Å². The Labute approximate surface area is 108 Å². The summed E-state index contributed by atoms with van der Waals surface area (Å²) < 4.78 is 0. The van der Waals surface area contributed by atoms with E-state index in [1.165, 1.54) is 11.0 Å². The highest BCUT2D eigenvalue weighted by atomic mass is 16.6. The second-order valence-corrected chi connectivity index (χ2v) is 3.98. The highest BCUT2D eigenvalue weighted by Gasteiger charge is 2.14. The number of hydrogen-bond donors (Lipinski definition) is 0.